The summed E-state index contributed by atoms with van der Waals surface area (Å²) < 4.78 is 5.87. The number of carbonyl (C=O) groups excluding carboxylic acids is 2. The Labute approximate surface area is 211 Å². The van der Waals surface area contributed by atoms with E-state index in [9.17, 15) is 14.7 Å². The van der Waals surface area contributed by atoms with Crippen LogP contribution in [0.4, 0.5) is 0 Å². The Kier molecular flexibility index (Phi) is 24.2. The summed E-state index contributed by atoms with van der Waals surface area (Å²) in [5.74, 6) is -0.179. The van der Waals surface area contributed by atoms with Crippen molar-refractivity contribution < 1.29 is 19.4 Å². The Hall–Kier alpha value is -1.10. The molecule has 0 aliphatic rings. The molecule has 0 spiro atoms. The van der Waals surface area contributed by atoms with Crippen molar-refractivity contribution in [2.75, 3.05) is 6.61 Å². The molecule has 0 saturated heterocycles. The maximum atomic E-state index is 12.4. The van der Waals surface area contributed by atoms with Crippen LogP contribution in [-0.4, -0.2) is 35.7 Å². The number of carbonyl (C=O) groups is 2. The maximum absolute atomic E-state index is 12.4. The van der Waals surface area contributed by atoms with Gasteiger partial charge in [0.25, 0.3) is 0 Å². The second kappa shape index (κ2) is 25.0. The Morgan fingerprint density at radius 1 is 0.676 bits per heavy atom. The van der Waals surface area contributed by atoms with Gasteiger partial charge in [-0.2, -0.15) is 0 Å². The molecule has 0 heterocycles. The maximum Gasteiger partial charge on any atom is 0.306 e. The number of esters is 1. The van der Waals surface area contributed by atoms with E-state index >= 15 is 0 Å². The predicted molar refractivity (Wildman–Crippen MR) is 143 cm³/mol. The SMILES string of the molecule is CCCCCCCCCCCCC(=O)OC(CCCCCCCC)CCCC(CO)NC(C)=O. The molecular formula is C29H57NO4. The number of unbranched alkanes of at least 4 members (excludes halogenated alkanes) is 14. The highest BCUT2D eigenvalue weighted by atomic mass is 16.5. The molecule has 2 unspecified atom stereocenters. The number of ether oxygens (including phenoxy) is 1. The molecule has 202 valence electrons. The minimum Gasteiger partial charge on any atom is -0.462 e. The summed E-state index contributed by atoms with van der Waals surface area (Å²) in [5.41, 5.74) is 0. The average Bonchev–Trinajstić information content (AvgIpc) is 2.81. The van der Waals surface area contributed by atoms with Gasteiger partial charge in [-0.05, 0) is 38.5 Å². The Balaban J connectivity index is 4.16. The summed E-state index contributed by atoms with van der Waals surface area (Å²) in [6, 6.07) is -0.213. The number of hydrogen-bond donors (Lipinski definition) is 2. The third-order valence-electron chi connectivity index (χ3n) is 6.62. The van der Waals surface area contributed by atoms with Gasteiger partial charge in [0.05, 0.1) is 12.6 Å². The number of amides is 1. The third kappa shape index (κ3) is 22.7. The monoisotopic (exact) mass is 483 g/mol. The van der Waals surface area contributed by atoms with Crippen LogP contribution in [0.1, 0.15) is 156 Å². The van der Waals surface area contributed by atoms with Crippen molar-refractivity contribution in [3.8, 4) is 0 Å². The highest BCUT2D eigenvalue weighted by Gasteiger charge is 2.16. The van der Waals surface area contributed by atoms with Crippen molar-refractivity contribution in [3.05, 3.63) is 0 Å². The lowest BCUT2D eigenvalue weighted by atomic mass is 10.0. The molecule has 0 fully saturated rings. The van der Waals surface area contributed by atoms with E-state index in [0.29, 0.717) is 12.8 Å². The lowest BCUT2D eigenvalue weighted by molar-refractivity contribution is -0.150. The van der Waals surface area contributed by atoms with Crippen LogP contribution in [-0.2, 0) is 14.3 Å². The molecule has 5 heteroatoms. The van der Waals surface area contributed by atoms with E-state index in [1.54, 1.807) is 0 Å². The number of hydrogen-bond acceptors (Lipinski definition) is 4. The first kappa shape index (κ1) is 32.9. The second-order valence-electron chi connectivity index (χ2n) is 10.1. The number of aliphatic hydroxyl groups excluding tert-OH is 1. The molecule has 0 aromatic rings. The van der Waals surface area contributed by atoms with Crippen LogP contribution in [0.5, 0.6) is 0 Å². The summed E-state index contributed by atoms with van der Waals surface area (Å²) in [5, 5.41) is 12.2. The molecule has 0 aromatic carbocycles. The first-order chi connectivity index (χ1) is 16.5. The van der Waals surface area contributed by atoms with E-state index in [1.807, 2.05) is 0 Å². The van der Waals surface area contributed by atoms with Gasteiger partial charge in [0.1, 0.15) is 6.10 Å². The Morgan fingerprint density at radius 3 is 1.65 bits per heavy atom. The predicted octanol–water partition coefficient (Wildman–Crippen LogP) is 7.63. The van der Waals surface area contributed by atoms with E-state index in [4.69, 9.17) is 4.74 Å². The van der Waals surface area contributed by atoms with Crippen molar-refractivity contribution in [3.63, 3.8) is 0 Å². The van der Waals surface area contributed by atoms with Gasteiger partial charge in [-0.1, -0.05) is 104 Å². The number of rotatable bonds is 25. The normalized spacial score (nSPS) is 12.9. The van der Waals surface area contributed by atoms with Crippen molar-refractivity contribution in [1.29, 1.82) is 0 Å². The van der Waals surface area contributed by atoms with Gasteiger partial charge in [-0.3, -0.25) is 9.59 Å². The molecule has 0 bridgehead atoms. The molecule has 34 heavy (non-hydrogen) atoms. The zero-order chi connectivity index (χ0) is 25.3. The number of aliphatic hydroxyl groups is 1. The highest BCUT2D eigenvalue weighted by molar-refractivity contribution is 5.73. The van der Waals surface area contributed by atoms with Crippen LogP contribution in [0, 0.1) is 0 Å². The van der Waals surface area contributed by atoms with Gasteiger partial charge in [-0.15, -0.1) is 0 Å². The standard InChI is InChI=1S/C29H57NO4/c1-4-6-8-10-12-13-14-15-17-19-24-29(33)34-28(22-18-16-11-9-7-5-2)23-20-21-27(25-31)30-26(3)32/h27-28,31H,4-25H2,1-3H3,(H,30,32). The van der Waals surface area contributed by atoms with E-state index in [2.05, 4.69) is 19.2 Å². The Bertz CT molecular complexity index is 469. The molecule has 5 nitrogen and oxygen atoms in total. The van der Waals surface area contributed by atoms with E-state index in [-0.39, 0.29) is 30.6 Å². The van der Waals surface area contributed by atoms with Crippen molar-refractivity contribution in [2.24, 2.45) is 0 Å². The largest absolute Gasteiger partial charge is 0.462 e. The third-order valence-corrected chi connectivity index (χ3v) is 6.62. The van der Waals surface area contributed by atoms with Crippen LogP contribution in [0.3, 0.4) is 0 Å². The minimum absolute atomic E-state index is 0.0431. The molecule has 0 radical (unpaired) electrons. The van der Waals surface area contributed by atoms with Gasteiger partial charge < -0.3 is 15.2 Å². The summed E-state index contributed by atoms with van der Waals surface area (Å²) in [6.07, 6.45) is 23.7. The summed E-state index contributed by atoms with van der Waals surface area (Å²) in [7, 11) is 0. The summed E-state index contributed by atoms with van der Waals surface area (Å²) in [4.78, 5) is 23.7. The molecule has 1 amide bonds. The summed E-state index contributed by atoms with van der Waals surface area (Å²) >= 11 is 0. The fourth-order valence-corrected chi connectivity index (χ4v) is 4.50. The van der Waals surface area contributed by atoms with Crippen LogP contribution >= 0.6 is 0 Å². The average molecular weight is 484 g/mol. The van der Waals surface area contributed by atoms with Crippen molar-refractivity contribution in [1.82, 2.24) is 5.32 Å². The van der Waals surface area contributed by atoms with Crippen LogP contribution in [0.25, 0.3) is 0 Å². The minimum atomic E-state index is -0.213. The fourth-order valence-electron chi connectivity index (χ4n) is 4.50. The second-order valence-corrected chi connectivity index (χ2v) is 10.1. The fraction of sp³-hybridized carbons (Fsp3) is 0.931. The van der Waals surface area contributed by atoms with Gasteiger partial charge in [0.15, 0.2) is 0 Å². The Morgan fingerprint density at radius 2 is 1.15 bits per heavy atom. The molecule has 0 rings (SSSR count). The van der Waals surface area contributed by atoms with Crippen LogP contribution < -0.4 is 5.32 Å². The van der Waals surface area contributed by atoms with E-state index in [0.717, 1.165) is 38.5 Å². The first-order valence-corrected chi connectivity index (χ1v) is 14.6. The highest BCUT2D eigenvalue weighted by Crippen LogP contribution is 2.18. The van der Waals surface area contributed by atoms with Gasteiger partial charge in [0, 0.05) is 13.3 Å². The van der Waals surface area contributed by atoms with Crippen LogP contribution in [0.15, 0.2) is 0 Å². The van der Waals surface area contributed by atoms with Crippen molar-refractivity contribution in [2.45, 2.75) is 168 Å². The molecule has 0 saturated carbocycles. The number of nitrogens with one attached hydrogen (secondary N) is 1. The zero-order valence-electron chi connectivity index (χ0n) is 22.9. The van der Waals surface area contributed by atoms with Gasteiger partial charge in [0.2, 0.25) is 5.91 Å². The lowest BCUT2D eigenvalue weighted by Gasteiger charge is -2.20. The van der Waals surface area contributed by atoms with Gasteiger partial charge >= 0.3 is 5.97 Å². The van der Waals surface area contributed by atoms with E-state index in [1.165, 1.54) is 90.4 Å². The zero-order valence-corrected chi connectivity index (χ0v) is 22.9. The first-order valence-electron chi connectivity index (χ1n) is 14.6. The molecule has 0 aromatic heterocycles. The molecule has 2 N–H and O–H groups in total. The van der Waals surface area contributed by atoms with Crippen LogP contribution in [0.2, 0.25) is 0 Å². The lowest BCUT2D eigenvalue weighted by Crippen LogP contribution is -2.36. The molecule has 0 aliphatic carbocycles. The summed E-state index contributed by atoms with van der Waals surface area (Å²) in [6.45, 7) is 5.90. The van der Waals surface area contributed by atoms with Crippen molar-refractivity contribution >= 4 is 11.9 Å². The molecule has 0 aliphatic heterocycles. The quantitative estimate of drug-likeness (QED) is 0.103. The molecule has 2 atom stereocenters. The van der Waals surface area contributed by atoms with E-state index < -0.39 is 0 Å². The smallest absolute Gasteiger partial charge is 0.306 e. The molecular weight excluding hydrogens is 426 g/mol. The van der Waals surface area contributed by atoms with Gasteiger partial charge in [-0.25, -0.2) is 0 Å². The topological polar surface area (TPSA) is 75.6 Å².